The van der Waals surface area contributed by atoms with Crippen molar-refractivity contribution >= 4 is 22.5 Å². The quantitative estimate of drug-likeness (QED) is 0.634. The zero-order chi connectivity index (χ0) is 18.5. The number of rotatable bonds is 1. The molecule has 0 atom stereocenters. The lowest BCUT2D eigenvalue weighted by molar-refractivity contribution is -0.137. The number of alkyl halides is 3. The molecule has 0 spiro atoms. The zero-order valence-electron chi connectivity index (χ0n) is 12.5. The molecule has 0 radical (unpaired) electrons. The normalized spacial score (nSPS) is 11.9. The highest BCUT2D eigenvalue weighted by molar-refractivity contribution is 6.31. The van der Waals surface area contributed by atoms with Gasteiger partial charge in [0, 0.05) is 0 Å². The van der Waals surface area contributed by atoms with Crippen molar-refractivity contribution in [3.05, 3.63) is 67.1 Å². The Morgan fingerprint density at radius 2 is 1.76 bits per heavy atom. The van der Waals surface area contributed by atoms with Gasteiger partial charge in [0.1, 0.15) is 5.82 Å². The first-order valence-corrected chi connectivity index (χ1v) is 7.30. The zero-order valence-corrected chi connectivity index (χ0v) is 13.3. The fourth-order valence-corrected chi connectivity index (χ4v) is 2.90. The van der Waals surface area contributed by atoms with E-state index in [0.717, 1.165) is 18.2 Å². The van der Waals surface area contributed by atoms with Gasteiger partial charge in [-0.05, 0) is 41.8 Å². The summed E-state index contributed by atoms with van der Waals surface area (Å²) < 4.78 is 54.0. The molecule has 130 valence electrons. The van der Waals surface area contributed by atoms with E-state index in [9.17, 15) is 27.2 Å². The van der Waals surface area contributed by atoms with Gasteiger partial charge in [0.2, 0.25) is 0 Å². The molecular weight excluding hydrogens is 364 g/mol. The molecule has 0 fully saturated rings. The van der Waals surface area contributed by atoms with Crippen molar-refractivity contribution in [1.82, 2.24) is 9.97 Å². The van der Waals surface area contributed by atoms with Crippen LogP contribution in [0.2, 0.25) is 5.02 Å². The van der Waals surface area contributed by atoms with E-state index in [-0.39, 0.29) is 32.6 Å². The maximum Gasteiger partial charge on any atom is 0.417 e. The molecule has 0 unspecified atom stereocenters. The number of H-pyrrole nitrogens is 2. The minimum absolute atomic E-state index is 0.0132. The van der Waals surface area contributed by atoms with E-state index in [1.165, 1.54) is 6.92 Å². The van der Waals surface area contributed by atoms with Crippen molar-refractivity contribution in [2.24, 2.45) is 0 Å². The summed E-state index contributed by atoms with van der Waals surface area (Å²) in [5.74, 6) is -0.776. The maximum atomic E-state index is 13.5. The molecule has 2 aromatic carbocycles. The minimum Gasteiger partial charge on any atom is -0.307 e. The Labute approximate surface area is 142 Å². The van der Waals surface area contributed by atoms with Gasteiger partial charge in [-0.2, -0.15) is 13.2 Å². The van der Waals surface area contributed by atoms with Crippen molar-refractivity contribution in [2.45, 2.75) is 13.1 Å². The fourth-order valence-electron chi connectivity index (χ4n) is 2.72. The molecule has 4 nitrogen and oxygen atoms in total. The fraction of sp³-hybridized carbons (Fsp3) is 0.125. The average Bonchev–Trinajstić information content (AvgIpc) is 2.50. The number of halogens is 5. The standard InChI is InChI=1S/C16H9ClF4N2O2/c1-6-12(7-2-3-11(18)10(17)4-7)9(16(19,20)21)5-8-13(6)22-15(25)23-14(8)24/h2-5H,1H3,(H2,22,23,24,25). The van der Waals surface area contributed by atoms with Crippen LogP contribution in [0.4, 0.5) is 17.6 Å². The van der Waals surface area contributed by atoms with Crippen molar-refractivity contribution in [1.29, 1.82) is 0 Å². The number of hydrogen-bond acceptors (Lipinski definition) is 2. The SMILES string of the molecule is Cc1c(-c2ccc(F)c(Cl)c2)c(C(F)(F)F)cc2c(=O)[nH]c(=O)[nH]c12. The lowest BCUT2D eigenvalue weighted by Crippen LogP contribution is -2.23. The lowest BCUT2D eigenvalue weighted by Gasteiger charge is -2.17. The van der Waals surface area contributed by atoms with E-state index in [1.54, 1.807) is 0 Å². The molecule has 2 N–H and O–H groups in total. The summed E-state index contributed by atoms with van der Waals surface area (Å²) in [5.41, 5.74) is -3.15. The summed E-state index contributed by atoms with van der Waals surface area (Å²) in [6.07, 6.45) is -4.78. The van der Waals surface area contributed by atoms with Gasteiger partial charge in [-0.25, -0.2) is 9.18 Å². The van der Waals surface area contributed by atoms with Crippen LogP contribution in [0, 0.1) is 12.7 Å². The monoisotopic (exact) mass is 372 g/mol. The van der Waals surface area contributed by atoms with E-state index in [2.05, 4.69) is 4.98 Å². The smallest absolute Gasteiger partial charge is 0.307 e. The van der Waals surface area contributed by atoms with E-state index in [0.29, 0.717) is 6.07 Å². The number of fused-ring (bicyclic) bond motifs is 1. The highest BCUT2D eigenvalue weighted by atomic mass is 35.5. The highest BCUT2D eigenvalue weighted by Gasteiger charge is 2.35. The third-order valence-corrected chi connectivity index (χ3v) is 4.09. The van der Waals surface area contributed by atoms with Crippen LogP contribution in [0.3, 0.4) is 0 Å². The van der Waals surface area contributed by atoms with Gasteiger partial charge in [-0.1, -0.05) is 17.7 Å². The van der Waals surface area contributed by atoms with Crippen LogP contribution in [0.15, 0.2) is 33.9 Å². The number of hydrogen-bond donors (Lipinski definition) is 2. The molecular formula is C16H9ClF4N2O2. The second-order valence-corrected chi connectivity index (χ2v) is 5.79. The summed E-state index contributed by atoms with van der Waals surface area (Å²) in [6, 6.07) is 3.81. The predicted molar refractivity (Wildman–Crippen MR) is 85.3 cm³/mol. The molecule has 0 amide bonds. The van der Waals surface area contributed by atoms with Crippen LogP contribution in [0.1, 0.15) is 11.1 Å². The number of nitrogens with one attached hydrogen (secondary N) is 2. The molecule has 0 aliphatic rings. The Kier molecular flexibility index (Phi) is 3.95. The number of aromatic amines is 2. The Hall–Kier alpha value is -2.61. The van der Waals surface area contributed by atoms with E-state index >= 15 is 0 Å². The second kappa shape index (κ2) is 5.73. The summed E-state index contributed by atoms with van der Waals surface area (Å²) in [4.78, 5) is 27.6. The van der Waals surface area contributed by atoms with Gasteiger partial charge in [0.25, 0.3) is 5.56 Å². The third-order valence-electron chi connectivity index (χ3n) is 3.80. The van der Waals surface area contributed by atoms with E-state index in [1.807, 2.05) is 4.98 Å². The molecule has 1 heterocycles. The molecule has 3 rings (SSSR count). The van der Waals surface area contributed by atoms with Gasteiger partial charge in [0.15, 0.2) is 0 Å². The van der Waals surface area contributed by atoms with Crippen LogP contribution in [-0.2, 0) is 6.18 Å². The molecule has 3 aromatic rings. The maximum absolute atomic E-state index is 13.5. The molecule has 0 saturated heterocycles. The number of aryl methyl sites for hydroxylation is 1. The Morgan fingerprint density at radius 3 is 2.36 bits per heavy atom. The van der Waals surface area contributed by atoms with Gasteiger partial charge in [-0.3, -0.25) is 9.78 Å². The Balaban J connectivity index is 2.51. The molecule has 0 saturated carbocycles. The molecule has 9 heteroatoms. The molecule has 0 bridgehead atoms. The van der Waals surface area contributed by atoms with Crippen LogP contribution in [0.25, 0.3) is 22.0 Å². The van der Waals surface area contributed by atoms with E-state index < -0.39 is 28.8 Å². The van der Waals surface area contributed by atoms with Crippen molar-refractivity contribution < 1.29 is 17.6 Å². The summed E-state index contributed by atoms with van der Waals surface area (Å²) in [7, 11) is 0. The topological polar surface area (TPSA) is 65.7 Å². The Bertz CT molecular complexity index is 1120. The second-order valence-electron chi connectivity index (χ2n) is 5.38. The lowest BCUT2D eigenvalue weighted by atomic mass is 9.92. The Morgan fingerprint density at radius 1 is 1.08 bits per heavy atom. The van der Waals surface area contributed by atoms with Crippen LogP contribution >= 0.6 is 11.6 Å². The number of benzene rings is 2. The van der Waals surface area contributed by atoms with Crippen LogP contribution in [-0.4, -0.2) is 9.97 Å². The largest absolute Gasteiger partial charge is 0.417 e. The third kappa shape index (κ3) is 2.93. The van der Waals surface area contributed by atoms with Crippen LogP contribution in [0.5, 0.6) is 0 Å². The van der Waals surface area contributed by atoms with Crippen LogP contribution < -0.4 is 11.2 Å². The summed E-state index contributed by atoms with van der Waals surface area (Å²) in [5, 5.41) is -0.647. The minimum atomic E-state index is -4.78. The molecule has 25 heavy (non-hydrogen) atoms. The average molecular weight is 373 g/mol. The molecule has 1 aromatic heterocycles. The molecule has 0 aliphatic heterocycles. The van der Waals surface area contributed by atoms with Crippen molar-refractivity contribution in [3.8, 4) is 11.1 Å². The summed E-state index contributed by atoms with van der Waals surface area (Å²) >= 11 is 5.68. The highest BCUT2D eigenvalue weighted by Crippen LogP contribution is 2.41. The van der Waals surface area contributed by atoms with Gasteiger partial charge in [0.05, 0.1) is 21.5 Å². The first-order valence-electron chi connectivity index (χ1n) is 6.92. The van der Waals surface area contributed by atoms with Gasteiger partial charge < -0.3 is 4.98 Å². The van der Waals surface area contributed by atoms with Gasteiger partial charge in [-0.15, -0.1) is 0 Å². The predicted octanol–water partition coefficient (Wildman–Crippen LogP) is 4.00. The first-order chi connectivity index (χ1) is 11.6. The summed E-state index contributed by atoms with van der Waals surface area (Å²) in [6.45, 7) is 1.33. The first kappa shape index (κ1) is 17.2. The molecule has 0 aliphatic carbocycles. The number of aromatic nitrogens is 2. The van der Waals surface area contributed by atoms with Gasteiger partial charge >= 0.3 is 11.9 Å². The van der Waals surface area contributed by atoms with Crippen molar-refractivity contribution in [2.75, 3.05) is 0 Å². The van der Waals surface area contributed by atoms with E-state index in [4.69, 9.17) is 11.6 Å². The van der Waals surface area contributed by atoms with Crippen molar-refractivity contribution in [3.63, 3.8) is 0 Å².